The van der Waals surface area contributed by atoms with Crippen LogP contribution in [-0.2, 0) is 14.8 Å². The molecule has 6 nitrogen and oxygen atoms in total. The SMILES string of the molecule is Cc1ccc(NC(=O)CN(C)C2CCCCCC2)cc1S(=O)(=O)N1CCCCC1. The second-order valence-corrected chi connectivity index (χ2v) is 10.5. The minimum atomic E-state index is -3.52. The number of nitrogens with one attached hydrogen (secondary N) is 1. The molecule has 1 aromatic rings. The Hall–Kier alpha value is -1.44. The highest BCUT2D eigenvalue weighted by Crippen LogP contribution is 2.26. The molecular formula is C22H35N3O3S. The molecule has 1 aliphatic heterocycles. The fourth-order valence-corrected chi connectivity index (χ4v) is 6.22. The van der Waals surface area contributed by atoms with Crippen LogP contribution in [0.4, 0.5) is 5.69 Å². The molecule has 0 aromatic heterocycles. The number of likely N-dealkylation sites (N-methyl/N-ethyl adjacent to an activating group) is 1. The Kier molecular flexibility index (Phi) is 7.71. The lowest BCUT2D eigenvalue weighted by Gasteiger charge is -2.27. The standard InChI is InChI=1S/C22H35N3O3S/c1-18-12-13-19(16-21(18)29(27,28)25-14-8-5-9-15-25)23-22(26)17-24(2)20-10-6-3-4-7-11-20/h12-13,16,20H,3-11,14-15,17H2,1-2H3,(H,23,26). The molecular weight excluding hydrogens is 386 g/mol. The van der Waals surface area contributed by atoms with Crippen molar-refractivity contribution in [3.05, 3.63) is 23.8 Å². The van der Waals surface area contributed by atoms with Gasteiger partial charge in [0.25, 0.3) is 0 Å². The molecule has 1 aliphatic carbocycles. The summed E-state index contributed by atoms with van der Waals surface area (Å²) in [6.07, 6.45) is 10.2. The third kappa shape index (κ3) is 5.80. The number of piperidine rings is 1. The molecule has 2 aliphatic rings. The van der Waals surface area contributed by atoms with E-state index in [0.29, 0.717) is 41.8 Å². The number of sulfonamides is 1. The molecule has 1 saturated heterocycles. The maximum Gasteiger partial charge on any atom is 0.243 e. The highest BCUT2D eigenvalue weighted by Gasteiger charge is 2.28. The predicted molar refractivity (Wildman–Crippen MR) is 117 cm³/mol. The number of anilines is 1. The minimum Gasteiger partial charge on any atom is -0.325 e. The van der Waals surface area contributed by atoms with Crippen LogP contribution in [-0.4, -0.2) is 56.3 Å². The molecule has 0 radical (unpaired) electrons. The van der Waals surface area contributed by atoms with Crippen LogP contribution in [0, 0.1) is 6.92 Å². The van der Waals surface area contributed by atoms with E-state index in [1.165, 1.54) is 25.7 Å². The van der Waals surface area contributed by atoms with Crippen LogP contribution in [0.5, 0.6) is 0 Å². The first-order valence-electron chi connectivity index (χ1n) is 11.0. The van der Waals surface area contributed by atoms with Gasteiger partial charge in [0.2, 0.25) is 15.9 Å². The number of hydrogen-bond donors (Lipinski definition) is 1. The molecule has 1 amide bonds. The van der Waals surface area contributed by atoms with Crippen molar-refractivity contribution >= 4 is 21.6 Å². The summed E-state index contributed by atoms with van der Waals surface area (Å²) in [5.74, 6) is -0.0954. The highest BCUT2D eigenvalue weighted by atomic mass is 32.2. The highest BCUT2D eigenvalue weighted by molar-refractivity contribution is 7.89. The predicted octanol–water partition coefficient (Wildman–Crippen LogP) is 3.76. The fraction of sp³-hybridized carbons (Fsp3) is 0.682. The Morgan fingerprint density at radius 2 is 1.69 bits per heavy atom. The van der Waals surface area contributed by atoms with Crippen molar-refractivity contribution in [3.63, 3.8) is 0 Å². The van der Waals surface area contributed by atoms with E-state index >= 15 is 0 Å². The van der Waals surface area contributed by atoms with Gasteiger partial charge in [-0.1, -0.05) is 38.2 Å². The summed E-state index contributed by atoms with van der Waals surface area (Å²) in [4.78, 5) is 15.0. The zero-order chi connectivity index (χ0) is 20.9. The molecule has 1 aromatic carbocycles. The molecule has 1 saturated carbocycles. The van der Waals surface area contributed by atoms with Crippen LogP contribution in [0.3, 0.4) is 0 Å². The van der Waals surface area contributed by atoms with Crippen molar-refractivity contribution in [1.82, 2.24) is 9.21 Å². The number of hydrogen-bond acceptors (Lipinski definition) is 4. The maximum atomic E-state index is 13.1. The summed E-state index contributed by atoms with van der Waals surface area (Å²) in [7, 11) is -1.51. The summed E-state index contributed by atoms with van der Waals surface area (Å²) < 4.78 is 27.7. The van der Waals surface area contributed by atoms with Gasteiger partial charge in [0.05, 0.1) is 11.4 Å². The Balaban J connectivity index is 1.66. The van der Waals surface area contributed by atoms with Crippen LogP contribution < -0.4 is 5.32 Å². The average molecular weight is 422 g/mol. The Labute approximate surface area is 175 Å². The zero-order valence-corrected chi connectivity index (χ0v) is 18.6. The second-order valence-electron chi connectivity index (χ2n) is 8.55. The summed E-state index contributed by atoms with van der Waals surface area (Å²) in [5.41, 5.74) is 1.26. The molecule has 0 atom stereocenters. The lowest BCUT2D eigenvalue weighted by Crippen LogP contribution is -2.38. The number of benzene rings is 1. The van der Waals surface area contributed by atoms with Gasteiger partial charge in [-0.2, -0.15) is 4.31 Å². The van der Waals surface area contributed by atoms with Gasteiger partial charge in [0.1, 0.15) is 0 Å². The number of carbonyl (C=O) groups is 1. The van der Waals surface area contributed by atoms with E-state index in [1.807, 2.05) is 14.0 Å². The molecule has 2 fully saturated rings. The Bertz CT molecular complexity index is 796. The van der Waals surface area contributed by atoms with Crippen LogP contribution in [0.2, 0.25) is 0 Å². The first-order valence-corrected chi connectivity index (χ1v) is 12.4. The van der Waals surface area contributed by atoms with Gasteiger partial charge in [0, 0.05) is 24.8 Å². The van der Waals surface area contributed by atoms with Crippen LogP contribution in [0.25, 0.3) is 0 Å². The fourth-order valence-electron chi connectivity index (χ4n) is 4.45. The van der Waals surface area contributed by atoms with E-state index in [1.54, 1.807) is 22.5 Å². The van der Waals surface area contributed by atoms with Crippen molar-refractivity contribution in [1.29, 1.82) is 0 Å². The smallest absolute Gasteiger partial charge is 0.243 e. The van der Waals surface area contributed by atoms with Gasteiger partial charge >= 0.3 is 0 Å². The average Bonchev–Trinajstić information content (AvgIpc) is 2.99. The lowest BCUT2D eigenvalue weighted by atomic mass is 10.1. The Morgan fingerprint density at radius 1 is 1.07 bits per heavy atom. The number of rotatable bonds is 6. The van der Waals surface area contributed by atoms with Crippen LogP contribution in [0.15, 0.2) is 23.1 Å². The van der Waals surface area contributed by atoms with E-state index in [-0.39, 0.29) is 5.91 Å². The number of carbonyl (C=O) groups excluding carboxylic acids is 1. The van der Waals surface area contributed by atoms with Crippen molar-refractivity contribution in [3.8, 4) is 0 Å². The zero-order valence-electron chi connectivity index (χ0n) is 17.8. The second kappa shape index (κ2) is 10.0. The number of aryl methyl sites for hydroxylation is 1. The molecule has 0 unspecified atom stereocenters. The van der Waals surface area contributed by atoms with E-state index in [2.05, 4.69) is 10.2 Å². The maximum absolute atomic E-state index is 13.1. The van der Waals surface area contributed by atoms with Crippen LogP contribution >= 0.6 is 0 Å². The molecule has 29 heavy (non-hydrogen) atoms. The summed E-state index contributed by atoms with van der Waals surface area (Å²) in [6.45, 7) is 3.28. The van der Waals surface area contributed by atoms with E-state index in [9.17, 15) is 13.2 Å². The van der Waals surface area contributed by atoms with Gasteiger partial charge in [-0.15, -0.1) is 0 Å². The summed E-state index contributed by atoms with van der Waals surface area (Å²) in [6, 6.07) is 5.63. The first kappa shape index (κ1) is 22.2. The topological polar surface area (TPSA) is 69.7 Å². The van der Waals surface area contributed by atoms with Crippen LogP contribution in [0.1, 0.15) is 63.4 Å². The third-order valence-electron chi connectivity index (χ3n) is 6.25. The van der Waals surface area contributed by atoms with Crippen molar-refractivity contribution in [2.24, 2.45) is 0 Å². The summed E-state index contributed by atoms with van der Waals surface area (Å²) in [5, 5.41) is 2.91. The van der Waals surface area contributed by atoms with Gasteiger partial charge < -0.3 is 5.32 Å². The van der Waals surface area contributed by atoms with Gasteiger partial charge in [0.15, 0.2) is 0 Å². The molecule has 162 valence electrons. The number of nitrogens with zero attached hydrogens (tertiary/aromatic N) is 2. The molecule has 3 rings (SSSR count). The monoisotopic (exact) mass is 421 g/mol. The molecule has 0 spiro atoms. The van der Waals surface area contributed by atoms with E-state index < -0.39 is 10.0 Å². The van der Waals surface area contributed by atoms with Gasteiger partial charge in [-0.25, -0.2) is 8.42 Å². The third-order valence-corrected chi connectivity index (χ3v) is 8.29. The largest absolute Gasteiger partial charge is 0.325 e. The van der Waals surface area contributed by atoms with Gasteiger partial charge in [-0.3, -0.25) is 9.69 Å². The van der Waals surface area contributed by atoms with Crippen molar-refractivity contribution in [2.45, 2.75) is 75.6 Å². The quantitative estimate of drug-likeness (QED) is 0.710. The van der Waals surface area contributed by atoms with Crippen molar-refractivity contribution < 1.29 is 13.2 Å². The van der Waals surface area contributed by atoms with Crippen molar-refractivity contribution in [2.75, 3.05) is 32.0 Å². The summed E-state index contributed by atoms with van der Waals surface area (Å²) >= 11 is 0. The Morgan fingerprint density at radius 3 is 2.34 bits per heavy atom. The number of amides is 1. The molecule has 0 bridgehead atoms. The normalized spacial score (nSPS) is 19.8. The van der Waals surface area contributed by atoms with E-state index in [0.717, 1.165) is 32.1 Å². The van der Waals surface area contributed by atoms with E-state index in [4.69, 9.17) is 0 Å². The van der Waals surface area contributed by atoms with Gasteiger partial charge in [-0.05, 0) is 57.4 Å². The molecule has 7 heteroatoms. The first-order chi connectivity index (χ1) is 13.9. The minimum absolute atomic E-state index is 0.0954. The molecule has 1 N–H and O–H groups in total. The molecule has 1 heterocycles. The lowest BCUT2D eigenvalue weighted by molar-refractivity contribution is -0.117.